The normalized spacial score (nSPS) is 28.3. The van der Waals surface area contributed by atoms with E-state index in [4.69, 9.17) is 18.0 Å². The van der Waals surface area contributed by atoms with E-state index in [1.165, 1.54) is 45.3 Å². The van der Waals surface area contributed by atoms with Crippen LogP contribution < -0.4 is 5.73 Å². The quantitative estimate of drug-likeness (QED) is 0.754. The monoisotopic (exact) mass is 255 g/mol. The lowest BCUT2D eigenvalue weighted by Crippen LogP contribution is -2.47. The summed E-state index contributed by atoms with van der Waals surface area (Å²) >= 11 is 5.07. The van der Waals surface area contributed by atoms with Crippen LogP contribution in [-0.4, -0.2) is 54.6 Å². The van der Waals surface area contributed by atoms with Crippen molar-refractivity contribution in [3.05, 3.63) is 0 Å². The van der Waals surface area contributed by atoms with Crippen molar-refractivity contribution in [3.63, 3.8) is 0 Å². The van der Waals surface area contributed by atoms with E-state index in [2.05, 4.69) is 23.9 Å². The molecular formula is C13H25N3S. The molecule has 1 aliphatic heterocycles. The molecule has 1 unspecified atom stereocenters. The number of likely N-dealkylation sites (N-methyl/N-ethyl adjacent to an activating group) is 1. The average Bonchev–Trinajstić information content (AvgIpc) is 2.96. The summed E-state index contributed by atoms with van der Waals surface area (Å²) in [6.45, 7) is 3.67. The lowest BCUT2D eigenvalue weighted by atomic mass is 9.98. The van der Waals surface area contributed by atoms with E-state index in [9.17, 15) is 0 Å². The van der Waals surface area contributed by atoms with E-state index in [-0.39, 0.29) is 0 Å². The molecule has 0 aromatic rings. The predicted molar refractivity (Wildman–Crippen MR) is 76.2 cm³/mol. The third-order valence-corrected chi connectivity index (χ3v) is 4.42. The Morgan fingerprint density at radius 1 is 1.47 bits per heavy atom. The van der Waals surface area contributed by atoms with Gasteiger partial charge in [-0.25, -0.2) is 0 Å². The lowest BCUT2D eigenvalue weighted by molar-refractivity contribution is 0.114. The van der Waals surface area contributed by atoms with Gasteiger partial charge in [0.05, 0.1) is 4.99 Å². The fraction of sp³-hybridized carbons (Fsp3) is 0.923. The highest BCUT2D eigenvalue weighted by molar-refractivity contribution is 7.80. The molecular weight excluding hydrogens is 230 g/mol. The molecule has 1 atom stereocenters. The summed E-state index contributed by atoms with van der Waals surface area (Å²) in [5.74, 6) is 0. The van der Waals surface area contributed by atoms with Gasteiger partial charge in [-0.15, -0.1) is 0 Å². The molecule has 4 heteroatoms. The van der Waals surface area contributed by atoms with Crippen molar-refractivity contribution in [1.82, 2.24) is 9.80 Å². The summed E-state index contributed by atoms with van der Waals surface area (Å²) in [4.78, 5) is 5.68. The summed E-state index contributed by atoms with van der Waals surface area (Å²) in [6.07, 6.45) is 6.24. The number of piperidine rings is 1. The first kappa shape index (κ1) is 13.2. The lowest BCUT2D eigenvalue weighted by Gasteiger charge is -2.38. The first-order valence-corrected chi connectivity index (χ1v) is 7.09. The average molecular weight is 255 g/mol. The van der Waals surface area contributed by atoms with Gasteiger partial charge < -0.3 is 15.5 Å². The van der Waals surface area contributed by atoms with Crippen LogP contribution in [-0.2, 0) is 0 Å². The second-order valence-corrected chi connectivity index (χ2v) is 6.66. The minimum absolute atomic E-state index is 0.444. The summed E-state index contributed by atoms with van der Waals surface area (Å²) in [7, 11) is 4.38. The molecule has 0 aromatic carbocycles. The van der Waals surface area contributed by atoms with E-state index in [1.54, 1.807) is 0 Å². The number of hydrogen-bond donors (Lipinski definition) is 1. The maximum atomic E-state index is 5.70. The molecule has 1 heterocycles. The van der Waals surface area contributed by atoms with Gasteiger partial charge in [0.25, 0.3) is 0 Å². The molecule has 2 rings (SSSR count). The number of likely N-dealkylation sites (tertiary alicyclic amines) is 1. The van der Waals surface area contributed by atoms with Gasteiger partial charge in [0.1, 0.15) is 0 Å². The number of nitrogens with two attached hydrogens (primary N) is 1. The Bertz CT molecular complexity index is 286. The molecule has 0 bridgehead atoms. The second-order valence-electron chi connectivity index (χ2n) is 6.14. The molecule has 1 saturated carbocycles. The molecule has 1 aliphatic carbocycles. The zero-order chi connectivity index (χ0) is 12.5. The van der Waals surface area contributed by atoms with Gasteiger partial charge in [0.2, 0.25) is 0 Å². The van der Waals surface area contributed by atoms with Crippen LogP contribution in [0.2, 0.25) is 0 Å². The van der Waals surface area contributed by atoms with Crippen molar-refractivity contribution in [2.45, 2.75) is 38.1 Å². The molecule has 0 spiro atoms. The molecule has 2 aliphatic rings. The van der Waals surface area contributed by atoms with E-state index in [0.717, 1.165) is 12.5 Å². The zero-order valence-electron chi connectivity index (χ0n) is 11.1. The van der Waals surface area contributed by atoms with Gasteiger partial charge in [0, 0.05) is 25.6 Å². The molecule has 3 nitrogen and oxygen atoms in total. The van der Waals surface area contributed by atoms with Crippen LogP contribution in [0.5, 0.6) is 0 Å². The van der Waals surface area contributed by atoms with Crippen molar-refractivity contribution >= 4 is 17.2 Å². The number of rotatable bonds is 5. The molecule has 0 aromatic heterocycles. The molecule has 2 N–H and O–H groups in total. The van der Waals surface area contributed by atoms with E-state index in [1.807, 2.05) is 0 Å². The van der Waals surface area contributed by atoms with E-state index in [0.29, 0.717) is 10.4 Å². The third-order valence-electron chi connectivity index (χ3n) is 4.28. The first-order valence-electron chi connectivity index (χ1n) is 6.68. The standard InChI is InChI=1S/C13H25N3S/c1-15(2)11-4-3-7-16(9-11)10-13(5-6-13)8-12(14)17/h11H,3-10H2,1-2H3,(H2,14,17). The Balaban J connectivity index is 1.84. The maximum absolute atomic E-state index is 5.70. The molecule has 17 heavy (non-hydrogen) atoms. The topological polar surface area (TPSA) is 32.5 Å². The molecule has 1 saturated heterocycles. The Morgan fingerprint density at radius 2 is 2.18 bits per heavy atom. The number of hydrogen-bond acceptors (Lipinski definition) is 3. The summed E-state index contributed by atoms with van der Waals surface area (Å²) < 4.78 is 0. The largest absolute Gasteiger partial charge is 0.393 e. The van der Waals surface area contributed by atoms with Crippen molar-refractivity contribution in [2.24, 2.45) is 11.1 Å². The molecule has 0 amide bonds. The molecule has 2 fully saturated rings. The Morgan fingerprint density at radius 3 is 2.71 bits per heavy atom. The SMILES string of the molecule is CN(C)C1CCCN(CC2(CC(N)=S)CC2)C1. The van der Waals surface area contributed by atoms with Gasteiger partial charge in [-0.1, -0.05) is 12.2 Å². The van der Waals surface area contributed by atoms with Crippen molar-refractivity contribution < 1.29 is 0 Å². The zero-order valence-corrected chi connectivity index (χ0v) is 11.9. The van der Waals surface area contributed by atoms with Gasteiger partial charge >= 0.3 is 0 Å². The van der Waals surface area contributed by atoms with Gasteiger partial charge in [-0.05, 0) is 51.7 Å². The van der Waals surface area contributed by atoms with E-state index < -0.39 is 0 Å². The second kappa shape index (κ2) is 5.21. The smallest absolute Gasteiger partial charge is 0.0733 e. The van der Waals surface area contributed by atoms with Crippen LogP contribution >= 0.6 is 12.2 Å². The van der Waals surface area contributed by atoms with Crippen molar-refractivity contribution in [2.75, 3.05) is 33.7 Å². The molecule has 98 valence electrons. The minimum Gasteiger partial charge on any atom is -0.393 e. The highest BCUT2D eigenvalue weighted by atomic mass is 32.1. The van der Waals surface area contributed by atoms with E-state index >= 15 is 0 Å². The van der Waals surface area contributed by atoms with Gasteiger partial charge in [-0.3, -0.25) is 0 Å². The summed E-state index contributed by atoms with van der Waals surface area (Å²) in [5, 5.41) is 0. The van der Waals surface area contributed by atoms with Gasteiger partial charge in [-0.2, -0.15) is 0 Å². The summed E-state index contributed by atoms with van der Waals surface area (Å²) in [6, 6.07) is 0.726. The van der Waals surface area contributed by atoms with Crippen molar-refractivity contribution in [1.29, 1.82) is 0 Å². The third kappa shape index (κ3) is 3.63. The highest BCUT2D eigenvalue weighted by Gasteiger charge is 2.44. The minimum atomic E-state index is 0.444. The Kier molecular flexibility index (Phi) is 4.06. The highest BCUT2D eigenvalue weighted by Crippen LogP contribution is 2.49. The van der Waals surface area contributed by atoms with Crippen LogP contribution in [0.3, 0.4) is 0 Å². The number of thiocarbonyl (C=S) groups is 1. The van der Waals surface area contributed by atoms with Gasteiger partial charge in [0.15, 0.2) is 0 Å². The van der Waals surface area contributed by atoms with Crippen LogP contribution in [0, 0.1) is 5.41 Å². The van der Waals surface area contributed by atoms with Crippen molar-refractivity contribution in [3.8, 4) is 0 Å². The summed E-state index contributed by atoms with van der Waals surface area (Å²) in [5.41, 5.74) is 6.15. The fourth-order valence-electron chi connectivity index (χ4n) is 3.01. The predicted octanol–water partition coefficient (Wildman–Crippen LogP) is 1.47. The fourth-order valence-corrected chi connectivity index (χ4v) is 3.31. The first-order chi connectivity index (χ1) is 8.01. The number of nitrogens with zero attached hydrogens (tertiary/aromatic N) is 2. The Labute approximate surface area is 110 Å². The maximum Gasteiger partial charge on any atom is 0.0733 e. The van der Waals surface area contributed by atoms with Crippen LogP contribution in [0.25, 0.3) is 0 Å². The molecule has 0 radical (unpaired) electrons. The Hall–Kier alpha value is -0.190. The van der Waals surface area contributed by atoms with Crippen LogP contribution in [0.15, 0.2) is 0 Å². The van der Waals surface area contributed by atoms with Crippen LogP contribution in [0.4, 0.5) is 0 Å². The van der Waals surface area contributed by atoms with Crippen LogP contribution in [0.1, 0.15) is 32.1 Å².